The zero-order valence-electron chi connectivity index (χ0n) is 8.28. The van der Waals surface area contributed by atoms with Crippen LogP contribution in [0, 0.1) is 5.82 Å². The zero-order valence-corrected chi connectivity index (χ0v) is 9.04. The SMILES string of the molecule is O=Cc1ccccc1-c1ccc(F)c(Cl)c1. The summed E-state index contributed by atoms with van der Waals surface area (Å²) in [5.74, 6) is -0.464. The van der Waals surface area contributed by atoms with Crippen LogP contribution in [0.15, 0.2) is 42.5 Å². The van der Waals surface area contributed by atoms with Crippen molar-refractivity contribution in [2.24, 2.45) is 0 Å². The summed E-state index contributed by atoms with van der Waals surface area (Å²) >= 11 is 5.70. The molecule has 0 spiro atoms. The molecule has 2 aromatic carbocycles. The number of carbonyl (C=O) groups excluding carboxylic acids is 1. The van der Waals surface area contributed by atoms with E-state index in [-0.39, 0.29) is 5.02 Å². The third-order valence-corrected chi connectivity index (χ3v) is 2.61. The molecule has 0 fully saturated rings. The van der Waals surface area contributed by atoms with Crippen molar-refractivity contribution in [3.8, 4) is 11.1 Å². The fraction of sp³-hybridized carbons (Fsp3) is 0. The average molecular weight is 235 g/mol. The smallest absolute Gasteiger partial charge is 0.150 e. The molecular formula is C13H8ClFO. The summed E-state index contributed by atoms with van der Waals surface area (Å²) in [6.45, 7) is 0. The molecule has 0 unspecified atom stereocenters. The fourth-order valence-corrected chi connectivity index (χ4v) is 1.71. The molecule has 2 aromatic rings. The third kappa shape index (κ3) is 1.97. The number of benzene rings is 2. The van der Waals surface area contributed by atoms with E-state index in [2.05, 4.69) is 0 Å². The number of aldehydes is 1. The Kier molecular flexibility index (Phi) is 3.02. The van der Waals surface area contributed by atoms with Crippen molar-refractivity contribution >= 4 is 17.9 Å². The standard InChI is InChI=1S/C13H8ClFO/c14-12-7-9(5-6-13(12)15)11-4-2-1-3-10(11)8-16/h1-8H. The molecule has 16 heavy (non-hydrogen) atoms. The van der Waals surface area contributed by atoms with Crippen LogP contribution in [0.2, 0.25) is 5.02 Å². The Morgan fingerprint density at radius 1 is 1.12 bits per heavy atom. The summed E-state index contributed by atoms with van der Waals surface area (Å²) in [6.07, 6.45) is 0.770. The van der Waals surface area contributed by atoms with Crippen molar-refractivity contribution in [2.45, 2.75) is 0 Å². The average Bonchev–Trinajstić information content (AvgIpc) is 2.32. The monoisotopic (exact) mass is 234 g/mol. The van der Waals surface area contributed by atoms with Crippen LogP contribution in [0.25, 0.3) is 11.1 Å². The second kappa shape index (κ2) is 4.45. The first-order valence-corrected chi connectivity index (χ1v) is 5.10. The van der Waals surface area contributed by atoms with Gasteiger partial charge in [-0.25, -0.2) is 4.39 Å². The fourth-order valence-electron chi connectivity index (χ4n) is 1.53. The summed E-state index contributed by atoms with van der Waals surface area (Å²) in [4.78, 5) is 10.8. The Labute approximate surface area is 97.5 Å². The van der Waals surface area contributed by atoms with Crippen LogP contribution in [0.5, 0.6) is 0 Å². The third-order valence-electron chi connectivity index (χ3n) is 2.32. The molecule has 0 aliphatic heterocycles. The molecule has 0 heterocycles. The van der Waals surface area contributed by atoms with Crippen LogP contribution in [0.3, 0.4) is 0 Å². The Hall–Kier alpha value is -1.67. The van der Waals surface area contributed by atoms with E-state index in [9.17, 15) is 9.18 Å². The van der Waals surface area contributed by atoms with Crippen LogP contribution < -0.4 is 0 Å². The van der Waals surface area contributed by atoms with Gasteiger partial charge in [-0.3, -0.25) is 4.79 Å². The minimum atomic E-state index is -0.464. The predicted octanol–water partition coefficient (Wildman–Crippen LogP) is 3.96. The van der Waals surface area contributed by atoms with Gasteiger partial charge < -0.3 is 0 Å². The number of hydrogen-bond donors (Lipinski definition) is 0. The lowest BCUT2D eigenvalue weighted by atomic mass is 10.0. The lowest BCUT2D eigenvalue weighted by Crippen LogP contribution is -1.87. The quantitative estimate of drug-likeness (QED) is 0.719. The van der Waals surface area contributed by atoms with Crippen LogP contribution in [0.4, 0.5) is 4.39 Å². The summed E-state index contributed by atoms with van der Waals surface area (Å²) in [5, 5.41) is 0.0539. The molecule has 0 amide bonds. The predicted molar refractivity (Wildman–Crippen MR) is 62.2 cm³/mol. The lowest BCUT2D eigenvalue weighted by Gasteiger charge is -2.05. The highest BCUT2D eigenvalue weighted by atomic mass is 35.5. The van der Waals surface area contributed by atoms with Gasteiger partial charge in [-0.2, -0.15) is 0 Å². The summed E-state index contributed by atoms with van der Waals surface area (Å²) in [6, 6.07) is 11.5. The minimum absolute atomic E-state index is 0.0539. The molecule has 0 atom stereocenters. The Morgan fingerprint density at radius 3 is 2.56 bits per heavy atom. The Bertz CT molecular complexity index is 537. The van der Waals surface area contributed by atoms with Gasteiger partial charge in [0.2, 0.25) is 0 Å². The molecule has 3 heteroatoms. The topological polar surface area (TPSA) is 17.1 Å². The number of halogens is 2. The van der Waals surface area contributed by atoms with E-state index in [4.69, 9.17) is 11.6 Å². The van der Waals surface area contributed by atoms with E-state index in [1.807, 2.05) is 6.07 Å². The Balaban J connectivity index is 2.58. The van der Waals surface area contributed by atoms with Gasteiger partial charge in [0.1, 0.15) is 5.82 Å². The second-order valence-corrected chi connectivity index (χ2v) is 3.74. The first kappa shape index (κ1) is 10.8. The maximum Gasteiger partial charge on any atom is 0.150 e. The molecule has 0 saturated carbocycles. The molecule has 0 bridgehead atoms. The van der Waals surface area contributed by atoms with E-state index in [0.29, 0.717) is 5.56 Å². The first-order chi connectivity index (χ1) is 7.72. The normalized spacial score (nSPS) is 10.1. The highest BCUT2D eigenvalue weighted by Gasteiger charge is 2.06. The van der Waals surface area contributed by atoms with Crippen molar-refractivity contribution in [1.29, 1.82) is 0 Å². The Morgan fingerprint density at radius 2 is 1.88 bits per heavy atom. The van der Waals surface area contributed by atoms with Crippen molar-refractivity contribution in [1.82, 2.24) is 0 Å². The van der Waals surface area contributed by atoms with Gasteiger partial charge in [0.05, 0.1) is 5.02 Å². The van der Waals surface area contributed by atoms with Gasteiger partial charge in [0.15, 0.2) is 6.29 Å². The molecule has 0 aromatic heterocycles. The highest BCUT2D eigenvalue weighted by Crippen LogP contribution is 2.26. The van der Waals surface area contributed by atoms with Gasteiger partial charge in [-0.1, -0.05) is 41.9 Å². The van der Waals surface area contributed by atoms with Gasteiger partial charge in [0.25, 0.3) is 0 Å². The molecule has 0 aliphatic rings. The summed E-state index contributed by atoms with van der Waals surface area (Å²) in [7, 11) is 0. The van der Waals surface area contributed by atoms with E-state index in [1.165, 1.54) is 12.1 Å². The lowest BCUT2D eigenvalue weighted by molar-refractivity contribution is 0.112. The molecular weight excluding hydrogens is 227 g/mol. The van der Waals surface area contributed by atoms with E-state index < -0.39 is 5.82 Å². The van der Waals surface area contributed by atoms with Crippen molar-refractivity contribution in [3.63, 3.8) is 0 Å². The number of rotatable bonds is 2. The van der Waals surface area contributed by atoms with Gasteiger partial charge >= 0.3 is 0 Å². The summed E-state index contributed by atoms with van der Waals surface area (Å²) < 4.78 is 13.0. The molecule has 0 N–H and O–H groups in total. The zero-order chi connectivity index (χ0) is 11.5. The van der Waals surface area contributed by atoms with Gasteiger partial charge in [-0.15, -0.1) is 0 Å². The van der Waals surface area contributed by atoms with Crippen LogP contribution in [-0.4, -0.2) is 6.29 Å². The molecule has 0 radical (unpaired) electrons. The highest BCUT2D eigenvalue weighted by molar-refractivity contribution is 6.31. The van der Waals surface area contributed by atoms with Crippen LogP contribution in [-0.2, 0) is 0 Å². The van der Waals surface area contributed by atoms with Crippen molar-refractivity contribution < 1.29 is 9.18 Å². The number of hydrogen-bond acceptors (Lipinski definition) is 1. The van der Waals surface area contributed by atoms with Crippen LogP contribution >= 0.6 is 11.6 Å². The van der Waals surface area contributed by atoms with Crippen molar-refractivity contribution in [2.75, 3.05) is 0 Å². The van der Waals surface area contributed by atoms with Gasteiger partial charge in [0, 0.05) is 5.56 Å². The molecule has 1 nitrogen and oxygen atoms in total. The summed E-state index contributed by atoms with van der Waals surface area (Å²) in [5.41, 5.74) is 2.04. The second-order valence-electron chi connectivity index (χ2n) is 3.33. The van der Waals surface area contributed by atoms with Crippen molar-refractivity contribution in [3.05, 3.63) is 58.9 Å². The van der Waals surface area contributed by atoms with E-state index in [1.54, 1.807) is 24.3 Å². The van der Waals surface area contributed by atoms with E-state index >= 15 is 0 Å². The minimum Gasteiger partial charge on any atom is -0.298 e. The number of carbonyl (C=O) groups is 1. The molecule has 2 rings (SSSR count). The first-order valence-electron chi connectivity index (χ1n) is 4.72. The maximum absolute atomic E-state index is 13.0. The largest absolute Gasteiger partial charge is 0.298 e. The maximum atomic E-state index is 13.0. The molecule has 0 saturated heterocycles. The van der Waals surface area contributed by atoms with Gasteiger partial charge in [-0.05, 0) is 23.3 Å². The van der Waals surface area contributed by atoms with E-state index in [0.717, 1.165) is 17.4 Å². The molecule has 0 aliphatic carbocycles. The van der Waals surface area contributed by atoms with Crippen LogP contribution in [0.1, 0.15) is 10.4 Å². The molecule has 80 valence electrons.